The number of nitrogens with zero attached hydrogens (tertiary/aromatic N) is 4. The Bertz CT molecular complexity index is 1260. The molecule has 41 heavy (non-hydrogen) atoms. The summed E-state index contributed by atoms with van der Waals surface area (Å²) in [5.74, 6) is 2.44. The van der Waals surface area contributed by atoms with Crippen LogP contribution in [0.2, 0.25) is 0 Å². The molecule has 3 N–H and O–H groups in total. The van der Waals surface area contributed by atoms with Crippen LogP contribution in [0.25, 0.3) is 39.1 Å². The Morgan fingerprint density at radius 2 is 1.78 bits per heavy atom. The number of aliphatic hydroxyl groups excluding tert-OH is 2. The number of likely N-dealkylation sites (N-methyl/N-ethyl adjacent to an activating group) is 1. The Morgan fingerprint density at radius 3 is 2.46 bits per heavy atom. The van der Waals surface area contributed by atoms with E-state index in [0.29, 0.717) is 19.6 Å². The summed E-state index contributed by atoms with van der Waals surface area (Å²) in [6.45, 7) is 3.48. The van der Waals surface area contributed by atoms with Crippen molar-refractivity contribution in [2.45, 2.75) is 13.3 Å². The Hall–Kier alpha value is -2.12. The van der Waals surface area contributed by atoms with Crippen LogP contribution in [0.15, 0.2) is 67.0 Å². The molecule has 4 rings (SSSR count). The molecule has 0 aliphatic carbocycles. The molecule has 12 heteroatoms. The van der Waals surface area contributed by atoms with Crippen molar-refractivity contribution in [2.75, 3.05) is 45.4 Å². The van der Waals surface area contributed by atoms with Gasteiger partial charge in [-0.25, -0.2) is 0 Å². The first-order chi connectivity index (χ1) is 19.7. The van der Waals surface area contributed by atoms with Gasteiger partial charge in [-0.2, -0.15) is 12.1 Å². The number of aromatic nitrogens is 4. The van der Waals surface area contributed by atoms with E-state index in [1.165, 1.54) is 0 Å². The van der Waals surface area contributed by atoms with Crippen LogP contribution >= 0.6 is 21.6 Å². The Morgan fingerprint density at radius 1 is 1.02 bits per heavy atom. The fourth-order valence-corrected chi connectivity index (χ4v) is 5.09. The number of ether oxygens (including phenoxy) is 1. The van der Waals surface area contributed by atoms with Crippen LogP contribution in [0.1, 0.15) is 12.1 Å². The van der Waals surface area contributed by atoms with E-state index in [9.17, 15) is 4.79 Å². The van der Waals surface area contributed by atoms with E-state index in [1.54, 1.807) is 28.6 Å². The topological polar surface area (TPSA) is 135 Å². The zero-order chi connectivity index (χ0) is 29.0. The second-order valence-corrected chi connectivity index (χ2v) is 10.7. The van der Waals surface area contributed by atoms with Crippen LogP contribution in [0, 0.1) is 6.92 Å². The minimum Gasteiger partial charge on any atom is -0.662 e. The normalized spacial score (nSPS) is 9.88. The maximum atomic E-state index is 9.77. The molecule has 3 heterocycles. The minimum absolute atomic E-state index is 0. The summed E-state index contributed by atoms with van der Waals surface area (Å²) in [5, 5.41) is 26.7. The molecule has 9 nitrogen and oxygen atoms in total. The van der Waals surface area contributed by atoms with Crippen molar-refractivity contribution in [3.05, 3.63) is 78.0 Å². The zero-order valence-corrected chi connectivity index (χ0v) is 28.0. The average Bonchev–Trinajstić information content (AvgIpc) is 3.50. The van der Waals surface area contributed by atoms with Gasteiger partial charge in [0.15, 0.2) is 0 Å². The van der Waals surface area contributed by atoms with Gasteiger partial charge in [0.1, 0.15) is 12.0 Å². The predicted molar refractivity (Wildman–Crippen MR) is 166 cm³/mol. The number of nitrogens with one attached hydrogen (secondary N) is 1. The zero-order valence-electron chi connectivity index (χ0n) is 23.6. The van der Waals surface area contributed by atoms with Gasteiger partial charge >= 0.3 is 0 Å². The molecule has 0 fully saturated rings. The molecule has 3 aromatic heterocycles. The number of aliphatic hydroxyl groups is 2. The van der Waals surface area contributed by atoms with E-state index in [4.69, 9.17) is 14.9 Å². The van der Waals surface area contributed by atoms with Crippen molar-refractivity contribution < 1.29 is 52.5 Å². The summed E-state index contributed by atoms with van der Waals surface area (Å²) in [7, 11) is 6.01. The molecule has 0 saturated carbocycles. The maximum Gasteiger partial charge on any atom is 0.120 e. The van der Waals surface area contributed by atoms with Crippen LogP contribution in [0.5, 0.6) is 5.75 Å². The molecule has 0 amide bonds. The van der Waals surface area contributed by atoms with Crippen LogP contribution < -0.4 is 4.74 Å². The molecule has 0 aliphatic rings. The Labute approximate surface area is 275 Å². The van der Waals surface area contributed by atoms with Gasteiger partial charge < -0.3 is 25.1 Å². The molecular weight excluding hydrogens is 635 g/mol. The summed E-state index contributed by atoms with van der Waals surface area (Å²) in [5.41, 5.74) is 6.68. The average molecular weight is 672 g/mol. The first-order valence-corrected chi connectivity index (χ1v) is 15.1. The summed E-state index contributed by atoms with van der Waals surface area (Å²) in [6, 6.07) is 18.0. The van der Waals surface area contributed by atoms with E-state index in [0.717, 1.165) is 70.1 Å². The maximum absolute atomic E-state index is 9.77. The second kappa shape index (κ2) is 22.5. The van der Waals surface area contributed by atoms with Gasteiger partial charge in [-0.05, 0) is 55.5 Å². The number of aryl methyl sites for hydroxylation is 1. The first kappa shape index (κ1) is 36.9. The minimum atomic E-state index is 0. The van der Waals surface area contributed by atoms with Crippen molar-refractivity contribution in [3.8, 4) is 39.5 Å². The molecule has 0 unspecified atom stereocenters. The summed E-state index contributed by atoms with van der Waals surface area (Å²) >= 11 is 0. The van der Waals surface area contributed by atoms with Gasteiger partial charge in [0.05, 0.1) is 36.5 Å². The van der Waals surface area contributed by atoms with Crippen LogP contribution in [-0.2, 0) is 37.5 Å². The number of carbonyl (C=O) groups is 1. The third-order valence-corrected chi connectivity index (χ3v) is 7.58. The standard InChI is InChI=1S/C23H22N5O.C5H10O2S2.CH4O.Y/c1-16-4-3-5-21(27-16)20-15-26-28-23(20)18-10-11-25-22(14-18)17-6-8-19(9-7-17)29-13-12-24-2;6-2-1-4-8-9-5-3-7;1-2;/h3-11,14-15H,12-13H2,1-2H3,(H,26,28);2,7H,1,3-5H2;2H,1H3;/q-1;;;. The summed E-state index contributed by atoms with van der Waals surface area (Å²) < 4.78 is 5.66. The fourth-order valence-electron chi connectivity index (χ4n) is 3.37. The van der Waals surface area contributed by atoms with Gasteiger partial charge in [0.2, 0.25) is 0 Å². The van der Waals surface area contributed by atoms with Crippen LogP contribution in [-0.4, -0.2) is 82.1 Å². The van der Waals surface area contributed by atoms with Gasteiger partial charge in [0, 0.05) is 86.3 Å². The molecule has 0 atom stereocenters. The molecule has 217 valence electrons. The number of carbonyl (C=O) groups excluding carboxylic acids is 1. The predicted octanol–water partition coefficient (Wildman–Crippen LogP) is 5.45. The smallest absolute Gasteiger partial charge is 0.120 e. The SMILES string of the molecule is CO.C[N-]CCOc1ccc(-c2cc(-c3[nH]ncc3-c3cccc(C)n3)ccn2)cc1.O=CCCSSCCO.[Y]. The van der Waals surface area contributed by atoms with Crippen LogP contribution in [0.3, 0.4) is 0 Å². The molecule has 4 aromatic rings. The van der Waals surface area contributed by atoms with Gasteiger partial charge in [-0.3, -0.25) is 15.1 Å². The van der Waals surface area contributed by atoms with Crippen molar-refractivity contribution >= 4 is 27.9 Å². The quantitative estimate of drug-likeness (QED) is 0.0964. The molecule has 0 aliphatic heterocycles. The molecule has 0 spiro atoms. The van der Waals surface area contributed by atoms with E-state index in [2.05, 4.69) is 31.5 Å². The molecule has 1 aromatic carbocycles. The molecule has 0 saturated heterocycles. The second-order valence-electron chi connectivity index (χ2n) is 7.99. The van der Waals surface area contributed by atoms with E-state index in [-0.39, 0.29) is 39.3 Å². The van der Waals surface area contributed by atoms with Gasteiger partial charge in [-0.1, -0.05) is 27.7 Å². The van der Waals surface area contributed by atoms with Crippen molar-refractivity contribution in [3.63, 3.8) is 0 Å². The Balaban J connectivity index is 0.000000603. The first-order valence-electron chi connectivity index (χ1n) is 12.6. The molecule has 0 bridgehead atoms. The third-order valence-electron chi connectivity index (χ3n) is 5.16. The van der Waals surface area contributed by atoms with Crippen molar-refractivity contribution in [1.82, 2.24) is 20.2 Å². The summed E-state index contributed by atoms with van der Waals surface area (Å²) in [4.78, 5) is 18.9. The third kappa shape index (κ3) is 13.2. The van der Waals surface area contributed by atoms with E-state index >= 15 is 0 Å². The Kier molecular flexibility index (Phi) is 20.2. The largest absolute Gasteiger partial charge is 0.662 e. The number of benzene rings is 1. The number of rotatable bonds is 13. The van der Waals surface area contributed by atoms with E-state index in [1.807, 2.05) is 67.8 Å². The fraction of sp³-hybridized carbons (Fsp3) is 0.310. The molecule has 1 radical (unpaired) electrons. The van der Waals surface area contributed by atoms with Crippen LogP contribution in [0.4, 0.5) is 0 Å². The number of hydrogen-bond donors (Lipinski definition) is 3. The summed E-state index contributed by atoms with van der Waals surface area (Å²) in [6.07, 6.45) is 5.15. The van der Waals surface area contributed by atoms with E-state index < -0.39 is 0 Å². The number of hydrogen-bond acceptors (Lipinski definition) is 9. The number of aldehydes is 1. The van der Waals surface area contributed by atoms with Crippen molar-refractivity contribution in [2.24, 2.45) is 0 Å². The van der Waals surface area contributed by atoms with Crippen molar-refractivity contribution in [1.29, 1.82) is 0 Å². The number of aromatic amines is 1. The number of pyridine rings is 2. The van der Waals surface area contributed by atoms with Gasteiger partial charge in [0.25, 0.3) is 0 Å². The van der Waals surface area contributed by atoms with Gasteiger partial charge in [-0.15, -0.1) is 6.54 Å². The monoisotopic (exact) mass is 671 g/mol. The number of H-pyrrole nitrogens is 1. The molecular formula is C29H36N5O4S2Y-.